The van der Waals surface area contributed by atoms with Gasteiger partial charge in [-0.3, -0.25) is 10.4 Å². The number of hydrogen-bond donors (Lipinski definition) is 1. The van der Waals surface area contributed by atoms with Gasteiger partial charge >= 0.3 is 0 Å². The molecule has 3 aromatic rings. The third-order valence-corrected chi connectivity index (χ3v) is 7.48. The summed E-state index contributed by atoms with van der Waals surface area (Å²) in [4.78, 5) is 15.7. The largest absolute Gasteiger partial charge is 0.265 e. The first kappa shape index (κ1) is 19.0. The number of anilines is 1. The van der Waals surface area contributed by atoms with Crippen molar-refractivity contribution in [1.82, 2.24) is 15.0 Å². The van der Waals surface area contributed by atoms with Gasteiger partial charge in [-0.25, -0.2) is 9.97 Å². The van der Waals surface area contributed by atoms with Gasteiger partial charge in [0.05, 0.1) is 11.1 Å². The van der Waals surface area contributed by atoms with Gasteiger partial charge in [0.1, 0.15) is 11.2 Å². The van der Waals surface area contributed by atoms with Crippen LogP contribution in [0, 0.1) is 11.3 Å². The van der Waals surface area contributed by atoms with Crippen LogP contribution in [0.15, 0.2) is 36.0 Å². The van der Waals surface area contributed by atoms with Gasteiger partial charge in [0, 0.05) is 22.8 Å². The van der Waals surface area contributed by atoms with Crippen LogP contribution < -0.4 is 5.43 Å². The number of aryl methyl sites for hydroxylation is 1. The number of hydrogen-bond acceptors (Lipinski definition) is 6. The topological polar surface area (TPSA) is 63.1 Å². The van der Waals surface area contributed by atoms with Crippen LogP contribution in [0.2, 0.25) is 0 Å². The predicted molar refractivity (Wildman–Crippen MR) is 117 cm³/mol. The van der Waals surface area contributed by atoms with Gasteiger partial charge in [0.25, 0.3) is 0 Å². The number of thiophene rings is 1. The zero-order valence-electron chi connectivity index (χ0n) is 17.0. The molecule has 0 aromatic carbocycles. The summed E-state index contributed by atoms with van der Waals surface area (Å²) in [6, 6.07) is 3.92. The van der Waals surface area contributed by atoms with E-state index < -0.39 is 0 Å². The Bertz CT molecular complexity index is 1010. The molecule has 0 amide bonds. The highest BCUT2D eigenvalue weighted by Crippen LogP contribution is 2.45. The van der Waals surface area contributed by atoms with Crippen LogP contribution in [-0.4, -0.2) is 20.7 Å². The zero-order chi connectivity index (χ0) is 19.7. The van der Waals surface area contributed by atoms with E-state index in [0.717, 1.165) is 40.2 Å². The Morgan fingerprint density at radius 2 is 2.07 bits per heavy atom. The molecule has 146 valence electrons. The van der Waals surface area contributed by atoms with Crippen molar-refractivity contribution >= 4 is 33.1 Å². The lowest BCUT2D eigenvalue weighted by Gasteiger charge is -2.36. The molecule has 3 aromatic heterocycles. The van der Waals surface area contributed by atoms with Gasteiger partial charge in [0.15, 0.2) is 5.82 Å². The first-order valence-corrected chi connectivity index (χ1v) is 10.8. The minimum absolute atomic E-state index is 0.352. The van der Waals surface area contributed by atoms with Crippen molar-refractivity contribution in [3.63, 3.8) is 0 Å². The number of nitrogens with one attached hydrogen (secondary N) is 1. The number of hydrazone groups is 1. The van der Waals surface area contributed by atoms with Crippen molar-refractivity contribution in [3.05, 3.63) is 46.9 Å². The molecule has 0 unspecified atom stereocenters. The van der Waals surface area contributed by atoms with Crippen LogP contribution in [-0.2, 0) is 12.8 Å². The molecule has 1 aliphatic carbocycles. The molecule has 0 saturated carbocycles. The minimum Gasteiger partial charge on any atom is -0.265 e. The van der Waals surface area contributed by atoms with E-state index in [9.17, 15) is 0 Å². The lowest BCUT2D eigenvalue weighted by atomic mass is 9.69. The Labute approximate surface area is 170 Å². The molecule has 0 aliphatic heterocycles. The fraction of sp³-hybridized carbons (Fsp3) is 0.455. The van der Waals surface area contributed by atoms with Crippen molar-refractivity contribution < 1.29 is 0 Å². The maximum absolute atomic E-state index is 4.58. The summed E-state index contributed by atoms with van der Waals surface area (Å²) in [7, 11) is 0. The lowest BCUT2D eigenvalue weighted by Crippen LogP contribution is -2.28. The van der Waals surface area contributed by atoms with Gasteiger partial charge in [-0.05, 0) is 55.2 Å². The highest BCUT2D eigenvalue weighted by atomic mass is 32.1. The second kappa shape index (κ2) is 7.59. The molecule has 0 bridgehead atoms. The Hall–Kier alpha value is -2.34. The summed E-state index contributed by atoms with van der Waals surface area (Å²) >= 11 is 1.82. The molecule has 0 saturated heterocycles. The van der Waals surface area contributed by atoms with E-state index in [1.165, 1.54) is 23.3 Å². The summed E-state index contributed by atoms with van der Waals surface area (Å²) in [5.41, 5.74) is 6.95. The third kappa shape index (κ3) is 3.53. The van der Waals surface area contributed by atoms with E-state index in [1.807, 2.05) is 30.4 Å². The Morgan fingerprint density at radius 3 is 2.82 bits per heavy atom. The predicted octanol–water partition coefficient (Wildman–Crippen LogP) is 5.46. The average Bonchev–Trinajstić information content (AvgIpc) is 3.11. The quantitative estimate of drug-likeness (QED) is 0.461. The lowest BCUT2D eigenvalue weighted by molar-refractivity contribution is 0.184. The van der Waals surface area contributed by atoms with Crippen LogP contribution in [0.25, 0.3) is 10.2 Å². The third-order valence-electron chi connectivity index (χ3n) is 6.29. The summed E-state index contributed by atoms with van der Waals surface area (Å²) in [5, 5.41) is 5.74. The number of rotatable bonds is 5. The van der Waals surface area contributed by atoms with Crippen molar-refractivity contribution in [2.45, 2.75) is 53.4 Å². The van der Waals surface area contributed by atoms with Crippen molar-refractivity contribution in [2.24, 2.45) is 16.4 Å². The van der Waals surface area contributed by atoms with Gasteiger partial charge in [-0.2, -0.15) is 5.10 Å². The summed E-state index contributed by atoms with van der Waals surface area (Å²) in [5.74, 6) is 1.50. The van der Waals surface area contributed by atoms with E-state index in [2.05, 4.69) is 46.3 Å². The summed E-state index contributed by atoms with van der Waals surface area (Å²) in [6.45, 7) is 9.09. The zero-order valence-corrected chi connectivity index (χ0v) is 17.8. The molecular formula is C22H27N5S. The van der Waals surface area contributed by atoms with Crippen LogP contribution in [0.3, 0.4) is 0 Å². The van der Waals surface area contributed by atoms with Crippen LogP contribution in [0.1, 0.15) is 56.5 Å². The van der Waals surface area contributed by atoms with E-state index in [0.29, 0.717) is 11.3 Å². The number of aromatic nitrogens is 3. The number of pyridine rings is 1. The molecule has 1 atom stereocenters. The molecule has 0 fully saturated rings. The summed E-state index contributed by atoms with van der Waals surface area (Å²) < 4.78 is 0. The fourth-order valence-corrected chi connectivity index (χ4v) is 5.13. The van der Waals surface area contributed by atoms with Gasteiger partial charge in [0.2, 0.25) is 0 Å². The molecule has 4 rings (SSSR count). The Morgan fingerprint density at radius 1 is 1.29 bits per heavy atom. The standard InChI is InChI=1S/C22H27N5S/c1-5-22(3,4)16-6-7-18-17(12-16)19-20(24-13-25-21(19)28-18)27-26-14(2)15-8-10-23-11-9-15/h8-11,13,16H,5-7,12H2,1-4H3,(H,24,25,27)/b26-14-/t16-/m1/s1. The monoisotopic (exact) mass is 393 g/mol. The smallest absolute Gasteiger partial charge is 0.158 e. The molecule has 3 heterocycles. The van der Waals surface area contributed by atoms with Crippen molar-refractivity contribution in [2.75, 3.05) is 5.43 Å². The van der Waals surface area contributed by atoms with Crippen LogP contribution >= 0.6 is 11.3 Å². The highest BCUT2D eigenvalue weighted by Gasteiger charge is 2.33. The summed E-state index contributed by atoms with van der Waals surface area (Å²) in [6.07, 6.45) is 9.90. The van der Waals surface area contributed by atoms with Gasteiger partial charge in [-0.15, -0.1) is 11.3 Å². The second-order valence-electron chi connectivity index (χ2n) is 8.23. The first-order chi connectivity index (χ1) is 13.5. The van der Waals surface area contributed by atoms with E-state index >= 15 is 0 Å². The first-order valence-electron chi connectivity index (χ1n) is 9.95. The number of nitrogens with zero attached hydrogens (tertiary/aromatic N) is 4. The maximum atomic E-state index is 4.58. The maximum Gasteiger partial charge on any atom is 0.158 e. The molecular weight excluding hydrogens is 366 g/mol. The molecule has 5 nitrogen and oxygen atoms in total. The fourth-order valence-electron chi connectivity index (χ4n) is 3.94. The molecule has 28 heavy (non-hydrogen) atoms. The van der Waals surface area contributed by atoms with E-state index in [-0.39, 0.29) is 0 Å². The second-order valence-corrected chi connectivity index (χ2v) is 9.32. The molecule has 0 spiro atoms. The molecule has 0 radical (unpaired) electrons. The normalized spacial score (nSPS) is 17.6. The highest BCUT2D eigenvalue weighted by molar-refractivity contribution is 7.19. The molecule has 6 heteroatoms. The van der Waals surface area contributed by atoms with Crippen molar-refractivity contribution in [3.8, 4) is 0 Å². The average molecular weight is 394 g/mol. The Kier molecular flexibility index (Phi) is 5.15. The van der Waals surface area contributed by atoms with Gasteiger partial charge < -0.3 is 0 Å². The van der Waals surface area contributed by atoms with Crippen LogP contribution in [0.5, 0.6) is 0 Å². The Balaban J connectivity index is 1.68. The minimum atomic E-state index is 0.352. The van der Waals surface area contributed by atoms with E-state index in [1.54, 1.807) is 18.7 Å². The SMILES string of the molecule is CCC(C)(C)[C@@H]1CCc2sc3ncnc(N/N=C(/C)c4ccncc4)c3c2C1. The van der Waals surface area contributed by atoms with Crippen LogP contribution in [0.4, 0.5) is 5.82 Å². The number of fused-ring (bicyclic) bond motifs is 3. The van der Waals surface area contributed by atoms with Crippen molar-refractivity contribution in [1.29, 1.82) is 0 Å². The molecule has 1 N–H and O–H groups in total. The molecule has 1 aliphatic rings. The van der Waals surface area contributed by atoms with Gasteiger partial charge in [-0.1, -0.05) is 27.2 Å². The van der Waals surface area contributed by atoms with E-state index in [4.69, 9.17) is 0 Å².